The monoisotopic (exact) mass is 236 g/mol. The molecule has 0 saturated carbocycles. The van der Waals surface area contributed by atoms with Crippen LogP contribution < -0.4 is 5.63 Å². The maximum absolute atomic E-state index is 12.0. The fourth-order valence-electron chi connectivity index (χ4n) is 3.06. The van der Waals surface area contributed by atoms with Crippen LogP contribution in [0.2, 0.25) is 0 Å². The third-order valence-corrected chi connectivity index (χ3v) is 3.86. The molecule has 2 aromatic carbocycles. The predicted octanol–water partition coefficient (Wildman–Crippen LogP) is 3.43. The Balaban J connectivity index is 2.34. The van der Waals surface area contributed by atoms with Crippen LogP contribution in [0.4, 0.5) is 0 Å². The van der Waals surface area contributed by atoms with Crippen molar-refractivity contribution in [3.8, 4) is 0 Å². The Hall–Kier alpha value is -2.09. The number of hydrogen-bond donors (Lipinski definition) is 0. The lowest BCUT2D eigenvalue weighted by Gasteiger charge is -2.07. The van der Waals surface area contributed by atoms with E-state index in [1.807, 2.05) is 30.3 Å². The molecule has 1 heterocycles. The van der Waals surface area contributed by atoms with Crippen LogP contribution in [0.15, 0.2) is 45.6 Å². The van der Waals surface area contributed by atoms with E-state index in [0.29, 0.717) is 11.0 Å². The molecule has 0 unspecified atom stereocenters. The van der Waals surface area contributed by atoms with Crippen molar-refractivity contribution < 1.29 is 4.42 Å². The van der Waals surface area contributed by atoms with Gasteiger partial charge in [-0.1, -0.05) is 24.3 Å². The van der Waals surface area contributed by atoms with Gasteiger partial charge in [0.2, 0.25) is 0 Å². The van der Waals surface area contributed by atoms with E-state index in [0.717, 1.165) is 23.6 Å². The number of fused-ring (bicyclic) bond motifs is 5. The van der Waals surface area contributed by atoms with Crippen molar-refractivity contribution in [3.05, 3.63) is 57.9 Å². The normalized spacial score (nSPS) is 14.2. The van der Waals surface area contributed by atoms with Crippen molar-refractivity contribution >= 4 is 21.7 Å². The molecule has 1 aliphatic rings. The maximum Gasteiger partial charge on any atom is 0.344 e. The van der Waals surface area contributed by atoms with Gasteiger partial charge in [-0.05, 0) is 42.5 Å². The second-order valence-electron chi connectivity index (χ2n) is 4.87. The van der Waals surface area contributed by atoms with Gasteiger partial charge in [-0.2, -0.15) is 0 Å². The summed E-state index contributed by atoms with van der Waals surface area (Å²) in [7, 11) is 0. The number of aryl methyl sites for hydroxylation is 2. The number of benzene rings is 2. The van der Waals surface area contributed by atoms with Crippen LogP contribution in [0.5, 0.6) is 0 Å². The first-order valence-electron chi connectivity index (χ1n) is 6.31. The lowest BCUT2D eigenvalue weighted by atomic mass is 9.99. The molecule has 0 amide bonds. The van der Waals surface area contributed by atoms with Gasteiger partial charge in [0.15, 0.2) is 0 Å². The predicted molar refractivity (Wildman–Crippen MR) is 72.0 cm³/mol. The van der Waals surface area contributed by atoms with E-state index in [-0.39, 0.29) is 5.63 Å². The third kappa shape index (κ3) is 1.20. The summed E-state index contributed by atoms with van der Waals surface area (Å²) in [4.78, 5) is 12.0. The third-order valence-electron chi connectivity index (χ3n) is 3.86. The molecule has 0 bridgehead atoms. The molecule has 2 nitrogen and oxygen atoms in total. The average Bonchev–Trinajstić information content (AvgIpc) is 2.86. The Morgan fingerprint density at radius 2 is 1.83 bits per heavy atom. The van der Waals surface area contributed by atoms with Gasteiger partial charge in [-0.3, -0.25) is 0 Å². The van der Waals surface area contributed by atoms with Gasteiger partial charge < -0.3 is 4.42 Å². The van der Waals surface area contributed by atoms with E-state index in [4.69, 9.17) is 4.42 Å². The molecule has 0 N–H and O–H groups in total. The summed E-state index contributed by atoms with van der Waals surface area (Å²) in [5.74, 6) is 0. The molecule has 1 aliphatic carbocycles. The second kappa shape index (κ2) is 3.45. The zero-order valence-electron chi connectivity index (χ0n) is 9.90. The number of rotatable bonds is 0. The van der Waals surface area contributed by atoms with Crippen LogP contribution in [-0.4, -0.2) is 0 Å². The second-order valence-corrected chi connectivity index (χ2v) is 4.87. The fraction of sp³-hybridized carbons (Fsp3) is 0.188. The summed E-state index contributed by atoms with van der Waals surface area (Å²) in [5, 5.41) is 2.89. The summed E-state index contributed by atoms with van der Waals surface area (Å²) in [5.41, 5.74) is 3.20. The number of hydrogen-bond acceptors (Lipinski definition) is 2. The van der Waals surface area contributed by atoms with Crippen LogP contribution in [-0.2, 0) is 12.8 Å². The van der Waals surface area contributed by atoms with Gasteiger partial charge in [-0.15, -0.1) is 0 Å². The average molecular weight is 236 g/mol. The highest BCUT2D eigenvalue weighted by Gasteiger charge is 2.17. The molecule has 0 spiro atoms. The molecule has 1 aromatic heterocycles. The van der Waals surface area contributed by atoms with Crippen molar-refractivity contribution in [2.24, 2.45) is 0 Å². The molecular weight excluding hydrogens is 224 g/mol. The minimum atomic E-state index is -0.224. The molecule has 2 heteroatoms. The van der Waals surface area contributed by atoms with Crippen LogP contribution in [0.1, 0.15) is 17.5 Å². The topological polar surface area (TPSA) is 30.2 Å². The molecule has 3 aromatic rings. The maximum atomic E-state index is 12.0. The lowest BCUT2D eigenvalue weighted by molar-refractivity contribution is 0.569. The standard InChI is InChI=1S/C16H12O2/c17-16-13-9-8-10-4-3-6-11(10)15(13)12-5-1-2-7-14(12)18-16/h1-2,5,7-9H,3-4,6H2. The number of para-hydroxylation sites is 1. The molecule has 0 radical (unpaired) electrons. The zero-order valence-corrected chi connectivity index (χ0v) is 9.90. The lowest BCUT2D eigenvalue weighted by Crippen LogP contribution is -2.01. The van der Waals surface area contributed by atoms with Crippen molar-refractivity contribution in [1.82, 2.24) is 0 Å². The summed E-state index contributed by atoms with van der Waals surface area (Å²) in [6.07, 6.45) is 3.38. The van der Waals surface area contributed by atoms with Crippen molar-refractivity contribution in [2.75, 3.05) is 0 Å². The highest BCUT2D eigenvalue weighted by Crippen LogP contribution is 2.33. The summed E-state index contributed by atoms with van der Waals surface area (Å²) < 4.78 is 5.38. The van der Waals surface area contributed by atoms with Gasteiger partial charge in [0.05, 0.1) is 5.39 Å². The molecule has 0 aliphatic heterocycles. The van der Waals surface area contributed by atoms with Crippen LogP contribution in [0.3, 0.4) is 0 Å². The van der Waals surface area contributed by atoms with Gasteiger partial charge in [0, 0.05) is 10.8 Å². The first-order chi connectivity index (χ1) is 8.84. The molecule has 0 fully saturated rings. The molecule has 18 heavy (non-hydrogen) atoms. The van der Waals surface area contributed by atoms with Gasteiger partial charge in [0.25, 0.3) is 0 Å². The molecule has 4 rings (SSSR count). The van der Waals surface area contributed by atoms with Crippen LogP contribution >= 0.6 is 0 Å². The largest absolute Gasteiger partial charge is 0.422 e. The Morgan fingerprint density at radius 3 is 2.78 bits per heavy atom. The fourth-order valence-corrected chi connectivity index (χ4v) is 3.06. The van der Waals surface area contributed by atoms with Crippen LogP contribution in [0.25, 0.3) is 21.7 Å². The summed E-state index contributed by atoms with van der Waals surface area (Å²) >= 11 is 0. The van der Waals surface area contributed by atoms with E-state index < -0.39 is 0 Å². The van der Waals surface area contributed by atoms with Crippen LogP contribution in [0, 0.1) is 0 Å². The van der Waals surface area contributed by atoms with E-state index in [9.17, 15) is 4.79 Å². The Labute approximate surface area is 104 Å². The molecular formula is C16H12O2. The SMILES string of the molecule is O=c1oc2ccccc2c2c3c(ccc12)CCC3. The van der Waals surface area contributed by atoms with Gasteiger partial charge in [0.1, 0.15) is 5.58 Å². The quantitative estimate of drug-likeness (QED) is 0.442. The van der Waals surface area contributed by atoms with E-state index in [1.165, 1.54) is 17.5 Å². The van der Waals surface area contributed by atoms with Crippen molar-refractivity contribution in [1.29, 1.82) is 0 Å². The smallest absolute Gasteiger partial charge is 0.344 e. The highest BCUT2D eigenvalue weighted by atomic mass is 16.4. The minimum Gasteiger partial charge on any atom is -0.422 e. The Kier molecular flexibility index (Phi) is 1.90. The molecule has 88 valence electrons. The summed E-state index contributed by atoms with van der Waals surface area (Å²) in [6.45, 7) is 0. The minimum absolute atomic E-state index is 0.224. The first-order valence-corrected chi connectivity index (χ1v) is 6.31. The van der Waals surface area contributed by atoms with E-state index >= 15 is 0 Å². The Morgan fingerprint density at radius 1 is 0.944 bits per heavy atom. The molecule has 0 atom stereocenters. The van der Waals surface area contributed by atoms with E-state index in [1.54, 1.807) is 0 Å². The highest BCUT2D eigenvalue weighted by molar-refractivity contribution is 6.06. The zero-order chi connectivity index (χ0) is 12.1. The van der Waals surface area contributed by atoms with Crippen molar-refractivity contribution in [2.45, 2.75) is 19.3 Å². The van der Waals surface area contributed by atoms with Gasteiger partial charge in [-0.25, -0.2) is 4.79 Å². The molecule has 0 saturated heterocycles. The summed E-state index contributed by atoms with van der Waals surface area (Å²) in [6, 6.07) is 11.8. The van der Waals surface area contributed by atoms with Crippen molar-refractivity contribution in [3.63, 3.8) is 0 Å². The first kappa shape index (κ1) is 9.89. The Bertz CT molecular complexity index is 827. The van der Waals surface area contributed by atoms with Gasteiger partial charge >= 0.3 is 5.63 Å². The van der Waals surface area contributed by atoms with E-state index in [2.05, 4.69) is 6.07 Å².